The Kier molecular flexibility index (Phi) is 14.8. The molecule has 0 atom stereocenters. The molecule has 0 aliphatic carbocycles. The summed E-state index contributed by atoms with van der Waals surface area (Å²) < 4.78 is 10.3. The Labute approximate surface area is 132 Å². The summed E-state index contributed by atoms with van der Waals surface area (Å²) in [6.07, 6.45) is 4.55. The van der Waals surface area contributed by atoms with Crippen molar-refractivity contribution in [3.05, 3.63) is 0 Å². The molecule has 0 heterocycles. The van der Waals surface area contributed by atoms with Gasteiger partial charge in [0.25, 0.3) is 0 Å². The zero-order valence-corrected chi connectivity index (χ0v) is 13.4. The van der Waals surface area contributed by atoms with Crippen LogP contribution in [0.1, 0.15) is 39.0 Å². The molecule has 22 heavy (non-hydrogen) atoms. The maximum absolute atomic E-state index is 11.4. The number of nitrogens with one attached hydrogen (secondary N) is 2. The van der Waals surface area contributed by atoms with Gasteiger partial charge in [-0.3, -0.25) is 14.4 Å². The van der Waals surface area contributed by atoms with Gasteiger partial charge >= 0.3 is 0 Å². The Bertz CT molecular complexity index is 310. The van der Waals surface area contributed by atoms with Crippen LogP contribution in [0.5, 0.6) is 0 Å². The van der Waals surface area contributed by atoms with Gasteiger partial charge in [-0.25, -0.2) is 0 Å². The van der Waals surface area contributed by atoms with E-state index in [0.29, 0.717) is 57.9 Å². The van der Waals surface area contributed by atoms with Gasteiger partial charge in [0, 0.05) is 25.9 Å². The summed E-state index contributed by atoms with van der Waals surface area (Å²) in [5.74, 6) is 0.147. The molecular formula is C15H28N2O5. The number of Topliss-reactive ketones (excluding diaryl/α,β-unsaturated/α-hetero) is 1. The molecule has 2 amide bonds. The molecule has 0 aromatic rings. The summed E-state index contributed by atoms with van der Waals surface area (Å²) in [5.41, 5.74) is 0. The number of carbonyl (C=O) groups excluding carboxylic acids is 3. The molecule has 0 spiro atoms. The van der Waals surface area contributed by atoms with Crippen molar-refractivity contribution in [3.8, 4) is 0 Å². The fourth-order valence-corrected chi connectivity index (χ4v) is 1.65. The van der Waals surface area contributed by atoms with Crippen LogP contribution in [0.25, 0.3) is 0 Å². The van der Waals surface area contributed by atoms with Gasteiger partial charge in [0.15, 0.2) is 0 Å². The SMILES string of the molecule is CCC(=O)CCCCCNC(=O)COCCOCCNC=O. The minimum absolute atomic E-state index is 0.0181. The molecule has 0 aliphatic rings. The van der Waals surface area contributed by atoms with Gasteiger partial charge in [-0.05, 0) is 12.8 Å². The summed E-state index contributed by atoms with van der Waals surface area (Å²) >= 11 is 0. The lowest BCUT2D eigenvalue weighted by Gasteiger charge is -2.07. The second kappa shape index (κ2) is 15.9. The Hall–Kier alpha value is -1.47. The van der Waals surface area contributed by atoms with Crippen LogP contribution >= 0.6 is 0 Å². The van der Waals surface area contributed by atoms with Crippen molar-refractivity contribution in [1.29, 1.82) is 0 Å². The van der Waals surface area contributed by atoms with Gasteiger partial charge in [0.1, 0.15) is 12.4 Å². The quantitative estimate of drug-likeness (QED) is 0.318. The van der Waals surface area contributed by atoms with E-state index in [1.54, 1.807) is 0 Å². The first-order valence-electron chi connectivity index (χ1n) is 7.81. The minimum atomic E-state index is -0.146. The van der Waals surface area contributed by atoms with Crippen LogP contribution in [0.15, 0.2) is 0 Å². The topological polar surface area (TPSA) is 93.7 Å². The number of carbonyl (C=O) groups is 3. The van der Waals surface area contributed by atoms with E-state index in [9.17, 15) is 14.4 Å². The highest BCUT2D eigenvalue weighted by Crippen LogP contribution is 2.01. The molecule has 0 aromatic heterocycles. The number of ether oxygens (including phenoxy) is 2. The van der Waals surface area contributed by atoms with Crippen LogP contribution in [0.3, 0.4) is 0 Å². The lowest BCUT2D eigenvalue weighted by atomic mass is 10.1. The van der Waals surface area contributed by atoms with E-state index in [0.717, 1.165) is 19.3 Å². The molecule has 7 nitrogen and oxygen atoms in total. The normalized spacial score (nSPS) is 10.2. The second-order valence-corrected chi connectivity index (χ2v) is 4.79. The van der Waals surface area contributed by atoms with Gasteiger partial charge in [-0.2, -0.15) is 0 Å². The van der Waals surface area contributed by atoms with E-state index in [4.69, 9.17) is 9.47 Å². The van der Waals surface area contributed by atoms with Crippen molar-refractivity contribution in [2.45, 2.75) is 39.0 Å². The van der Waals surface area contributed by atoms with E-state index in [-0.39, 0.29) is 12.5 Å². The third kappa shape index (κ3) is 14.9. The van der Waals surface area contributed by atoms with Crippen molar-refractivity contribution in [3.63, 3.8) is 0 Å². The molecule has 0 aromatic carbocycles. The van der Waals surface area contributed by atoms with Crippen molar-refractivity contribution in [1.82, 2.24) is 10.6 Å². The van der Waals surface area contributed by atoms with E-state index in [1.807, 2.05) is 6.92 Å². The van der Waals surface area contributed by atoms with Crippen molar-refractivity contribution >= 4 is 18.1 Å². The minimum Gasteiger partial charge on any atom is -0.377 e. The summed E-state index contributed by atoms with van der Waals surface area (Å²) in [7, 11) is 0. The van der Waals surface area contributed by atoms with E-state index in [1.165, 1.54) is 0 Å². The Morgan fingerprint density at radius 3 is 2.50 bits per heavy atom. The van der Waals surface area contributed by atoms with E-state index < -0.39 is 0 Å². The highest BCUT2D eigenvalue weighted by Gasteiger charge is 2.01. The van der Waals surface area contributed by atoms with Crippen molar-refractivity contribution in [2.24, 2.45) is 0 Å². The number of amides is 2. The van der Waals surface area contributed by atoms with E-state index in [2.05, 4.69) is 10.6 Å². The number of ketones is 1. The smallest absolute Gasteiger partial charge is 0.245 e. The molecule has 0 saturated carbocycles. The molecule has 128 valence electrons. The zero-order chi connectivity index (χ0) is 16.5. The van der Waals surface area contributed by atoms with Crippen LogP contribution < -0.4 is 10.6 Å². The van der Waals surface area contributed by atoms with Crippen LogP contribution in [0.4, 0.5) is 0 Å². The lowest BCUT2D eigenvalue weighted by Crippen LogP contribution is -2.29. The first-order chi connectivity index (χ1) is 10.7. The summed E-state index contributed by atoms with van der Waals surface area (Å²) in [4.78, 5) is 32.5. The molecule has 0 fully saturated rings. The predicted octanol–water partition coefficient (Wildman–Crippen LogP) is 0.421. The highest BCUT2D eigenvalue weighted by molar-refractivity contribution is 5.78. The summed E-state index contributed by atoms with van der Waals surface area (Å²) in [6, 6.07) is 0. The molecule has 0 unspecified atom stereocenters. The van der Waals surface area contributed by atoms with Gasteiger partial charge in [0.2, 0.25) is 12.3 Å². The molecule has 7 heteroatoms. The number of hydrogen-bond donors (Lipinski definition) is 2. The Morgan fingerprint density at radius 1 is 1.00 bits per heavy atom. The monoisotopic (exact) mass is 316 g/mol. The van der Waals surface area contributed by atoms with Gasteiger partial charge in [-0.15, -0.1) is 0 Å². The van der Waals surface area contributed by atoms with E-state index >= 15 is 0 Å². The average Bonchev–Trinajstić information content (AvgIpc) is 2.52. The lowest BCUT2D eigenvalue weighted by molar-refractivity contribution is -0.126. The fourth-order valence-electron chi connectivity index (χ4n) is 1.65. The largest absolute Gasteiger partial charge is 0.377 e. The molecule has 0 aliphatic heterocycles. The predicted molar refractivity (Wildman–Crippen MR) is 82.5 cm³/mol. The standard InChI is InChI=1S/C15H28N2O5/c1-2-14(19)6-4-3-5-7-17-15(20)12-22-11-10-21-9-8-16-13-18/h13H,2-12H2,1H3,(H,16,18)(H,17,20). The molecular weight excluding hydrogens is 288 g/mol. The summed E-state index contributed by atoms with van der Waals surface area (Å²) in [6.45, 7) is 4.12. The van der Waals surface area contributed by atoms with Crippen LogP contribution in [-0.4, -0.2) is 57.6 Å². The van der Waals surface area contributed by atoms with Crippen LogP contribution in [0.2, 0.25) is 0 Å². The number of rotatable bonds is 16. The Balaban J connectivity index is 3.22. The maximum atomic E-state index is 11.4. The number of hydrogen-bond acceptors (Lipinski definition) is 5. The second-order valence-electron chi connectivity index (χ2n) is 4.79. The average molecular weight is 316 g/mol. The van der Waals surface area contributed by atoms with Crippen LogP contribution in [-0.2, 0) is 23.9 Å². The molecule has 2 N–H and O–H groups in total. The highest BCUT2D eigenvalue weighted by atomic mass is 16.5. The van der Waals surface area contributed by atoms with Gasteiger partial charge in [0.05, 0.1) is 19.8 Å². The van der Waals surface area contributed by atoms with Crippen molar-refractivity contribution in [2.75, 3.05) is 39.5 Å². The van der Waals surface area contributed by atoms with Gasteiger partial charge < -0.3 is 20.1 Å². The fraction of sp³-hybridized carbons (Fsp3) is 0.800. The molecule has 0 saturated heterocycles. The van der Waals surface area contributed by atoms with Gasteiger partial charge in [-0.1, -0.05) is 13.3 Å². The molecule has 0 bridgehead atoms. The van der Waals surface area contributed by atoms with Crippen LogP contribution in [0, 0.1) is 0 Å². The molecule has 0 radical (unpaired) electrons. The third-order valence-corrected chi connectivity index (χ3v) is 2.93. The first-order valence-corrected chi connectivity index (χ1v) is 7.81. The third-order valence-electron chi connectivity index (χ3n) is 2.93. The maximum Gasteiger partial charge on any atom is 0.245 e. The number of unbranched alkanes of at least 4 members (excludes halogenated alkanes) is 2. The molecule has 0 rings (SSSR count). The first kappa shape index (κ1) is 20.5. The Morgan fingerprint density at radius 2 is 1.77 bits per heavy atom. The van der Waals surface area contributed by atoms with Crippen molar-refractivity contribution < 1.29 is 23.9 Å². The summed E-state index contributed by atoms with van der Waals surface area (Å²) in [5, 5.41) is 5.24. The zero-order valence-electron chi connectivity index (χ0n) is 13.4.